The number of hydrogen-bond donors (Lipinski definition) is 1. The normalized spacial score (nSPS) is 23.9. The Morgan fingerprint density at radius 2 is 1.95 bits per heavy atom. The minimum atomic E-state index is -0.579. The summed E-state index contributed by atoms with van der Waals surface area (Å²) in [6, 6.07) is 18.0. The van der Waals surface area contributed by atoms with Gasteiger partial charge in [-0.3, -0.25) is 0 Å². The SMILES string of the molecule is N#C[C@]1(c2nc3ccccc3[nH]2)C[C@H]1c1ccccc1Cl. The van der Waals surface area contributed by atoms with E-state index < -0.39 is 5.41 Å². The fourth-order valence-electron chi connectivity index (χ4n) is 3.00. The Balaban J connectivity index is 1.80. The lowest BCUT2D eigenvalue weighted by atomic mass is 10.00. The third-order valence-electron chi connectivity index (χ3n) is 4.25. The molecule has 1 saturated carbocycles. The van der Waals surface area contributed by atoms with Crippen LogP contribution in [0.1, 0.15) is 23.7 Å². The topological polar surface area (TPSA) is 52.5 Å². The first kappa shape index (κ1) is 12.4. The van der Waals surface area contributed by atoms with Gasteiger partial charge in [-0.1, -0.05) is 41.9 Å². The number of benzene rings is 2. The maximum atomic E-state index is 9.70. The first-order valence-corrected chi connectivity index (χ1v) is 7.23. The van der Waals surface area contributed by atoms with E-state index in [1.165, 1.54) is 0 Å². The van der Waals surface area contributed by atoms with E-state index >= 15 is 0 Å². The molecule has 2 atom stereocenters. The van der Waals surface area contributed by atoms with E-state index in [0.717, 1.165) is 33.9 Å². The van der Waals surface area contributed by atoms with Gasteiger partial charge in [0.15, 0.2) is 0 Å². The minimum absolute atomic E-state index is 0.108. The molecule has 0 bridgehead atoms. The quantitative estimate of drug-likeness (QED) is 0.771. The van der Waals surface area contributed by atoms with Crippen molar-refractivity contribution >= 4 is 22.6 Å². The van der Waals surface area contributed by atoms with Crippen LogP contribution in [0.4, 0.5) is 0 Å². The number of fused-ring (bicyclic) bond motifs is 1. The smallest absolute Gasteiger partial charge is 0.128 e. The zero-order chi connectivity index (χ0) is 14.4. The Kier molecular flexibility index (Phi) is 2.57. The van der Waals surface area contributed by atoms with Crippen molar-refractivity contribution in [1.29, 1.82) is 5.26 Å². The highest BCUT2D eigenvalue weighted by atomic mass is 35.5. The summed E-state index contributed by atoms with van der Waals surface area (Å²) in [5, 5.41) is 10.4. The average Bonchev–Trinajstić information content (AvgIpc) is 3.09. The molecule has 1 aliphatic carbocycles. The molecule has 0 amide bonds. The molecule has 1 aromatic heterocycles. The van der Waals surface area contributed by atoms with Crippen LogP contribution in [0.25, 0.3) is 11.0 Å². The van der Waals surface area contributed by atoms with E-state index in [1.54, 1.807) is 0 Å². The van der Waals surface area contributed by atoms with Gasteiger partial charge in [-0.2, -0.15) is 5.26 Å². The highest BCUT2D eigenvalue weighted by Gasteiger charge is 2.59. The molecule has 4 heteroatoms. The third kappa shape index (κ3) is 1.76. The fourth-order valence-corrected chi connectivity index (χ4v) is 3.27. The van der Waals surface area contributed by atoms with Crippen molar-refractivity contribution in [2.24, 2.45) is 0 Å². The van der Waals surface area contributed by atoms with E-state index in [2.05, 4.69) is 16.0 Å². The lowest BCUT2D eigenvalue weighted by molar-refractivity contribution is 0.790. The molecule has 1 aliphatic rings. The molecule has 3 nitrogen and oxygen atoms in total. The van der Waals surface area contributed by atoms with Gasteiger partial charge in [-0.15, -0.1) is 0 Å². The van der Waals surface area contributed by atoms with E-state index in [-0.39, 0.29) is 5.92 Å². The zero-order valence-electron chi connectivity index (χ0n) is 11.2. The molecule has 0 spiro atoms. The predicted octanol–water partition coefficient (Wildman–Crippen LogP) is 4.17. The van der Waals surface area contributed by atoms with Gasteiger partial charge in [-0.25, -0.2) is 4.98 Å². The van der Waals surface area contributed by atoms with Gasteiger partial charge in [0.25, 0.3) is 0 Å². The van der Waals surface area contributed by atoms with Gasteiger partial charge in [0.1, 0.15) is 11.2 Å². The summed E-state index contributed by atoms with van der Waals surface area (Å²) in [5.41, 5.74) is 2.31. The van der Waals surface area contributed by atoms with Crippen LogP contribution in [0.2, 0.25) is 5.02 Å². The van der Waals surface area contributed by atoms with Crippen molar-refractivity contribution in [3.8, 4) is 6.07 Å². The van der Waals surface area contributed by atoms with Crippen LogP contribution in [-0.2, 0) is 5.41 Å². The van der Waals surface area contributed by atoms with Crippen molar-refractivity contribution in [2.45, 2.75) is 17.8 Å². The largest absolute Gasteiger partial charge is 0.341 e. The number of rotatable bonds is 2. The number of aromatic amines is 1. The molecule has 0 aliphatic heterocycles. The Morgan fingerprint density at radius 1 is 1.19 bits per heavy atom. The maximum Gasteiger partial charge on any atom is 0.128 e. The number of aromatic nitrogens is 2. The minimum Gasteiger partial charge on any atom is -0.341 e. The summed E-state index contributed by atoms with van der Waals surface area (Å²) in [6.45, 7) is 0. The van der Waals surface area contributed by atoms with Crippen molar-refractivity contribution in [3.63, 3.8) is 0 Å². The molecule has 4 rings (SSSR count). The Hall–Kier alpha value is -2.31. The summed E-state index contributed by atoms with van der Waals surface area (Å²) in [4.78, 5) is 7.89. The van der Waals surface area contributed by atoms with Crippen LogP contribution in [0.3, 0.4) is 0 Å². The molecule has 0 saturated heterocycles. The van der Waals surface area contributed by atoms with Crippen LogP contribution in [-0.4, -0.2) is 9.97 Å². The standard InChI is InChI=1S/C17H12ClN3/c18-13-6-2-1-5-11(13)12-9-17(12,10-19)16-20-14-7-3-4-8-15(14)21-16/h1-8,12H,9H2,(H,20,21)/t12-,17+/m0/s1. The summed E-state index contributed by atoms with van der Waals surface area (Å²) in [5.74, 6) is 0.855. The number of nitrogens with one attached hydrogen (secondary N) is 1. The maximum absolute atomic E-state index is 9.70. The van der Waals surface area contributed by atoms with Gasteiger partial charge >= 0.3 is 0 Å². The monoisotopic (exact) mass is 293 g/mol. The number of H-pyrrole nitrogens is 1. The molecule has 0 radical (unpaired) electrons. The summed E-state index contributed by atoms with van der Waals surface area (Å²) < 4.78 is 0. The van der Waals surface area contributed by atoms with Gasteiger partial charge in [-0.05, 0) is 30.2 Å². The molecule has 0 unspecified atom stereocenters. The molecule has 1 fully saturated rings. The van der Waals surface area contributed by atoms with Gasteiger partial charge in [0, 0.05) is 10.9 Å². The number of imidazole rings is 1. The highest BCUT2D eigenvalue weighted by molar-refractivity contribution is 6.31. The fraction of sp³-hybridized carbons (Fsp3) is 0.176. The lowest BCUT2D eigenvalue weighted by Crippen LogP contribution is -2.09. The summed E-state index contributed by atoms with van der Waals surface area (Å²) >= 11 is 6.27. The summed E-state index contributed by atoms with van der Waals surface area (Å²) in [7, 11) is 0. The highest BCUT2D eigenvalue weighted by Crippen LogP contribution is 2.60. The number of nitriles is 1. The van der Waals surface area contributed by atoms with E-state index in [1.807, 2.05) is 48.5 Å². The number of nitrogens with zero attached hydrogens (tertiary/aromatic N) is 2. The molecule has 3 aromatic rings. The van der Waals surface area contributed by atoms with Crippen LogP contribution in [0, 0.1) is 11.3 Å². The molecule has 21 heavy (non-hydrogen) atoms. The molecule has 1 heterocycles. The Morgan fingerprint density at radius 3 is 2.71 bits per heavy atom. The first-order chi connectivity index (χ1) is 10.2. The van der Waals surface area contributed by atoms with Crippen LogP contribution >= 0.6 is 11.6 Å². The van der Waals surface area contributed by atoms with E-state index in [0.29, 0.717) is 0 Å². The number of hydrogen-bond acceptors (Lipinski definition) is 2. The van der Waals surface area contributed by atoms with Crippen LogP contribution in [0.15, 0.2) is 48.5 Å². The average molecular weight is 294 g/mol. The van der Waals surface area contributed by atoms with Crippen molar-refractivity contribution in [3.05, 3.63) is 64.9 Å². The molecular weight excluding hydrogens is 282 g/mol. The van der Waals surface area contributed by atoms with Gasteiger partial charge in [0.2, 0.25) is 0 Å². The second kappa shape index (κ2) is 4.34. The Labute approximate surface area is 127 Å². The van der Waals surface area contributed by atoms with Crippen molar-refractivity contribution in [1.82, 2.24) is 9.97 Å². The summed E-state index contributed by atoms with van der Waals surface area (Å²) in [6.07, 6.45) is 0.757. The first-order valence-electron chi connectivity index (χ1n) is 6.85. The van der Waals surface area contributed by atoms with Gasteiger partial charge in [0.05, 0.1) is 17.1 Å². The molecule has 102 valence electrons. The van der Waals surface area contributed by atoms with Gasteiger partial charge < -0.3 is 4.98 Å². The number of para-hydroxylation sites is 2. The lowest BCUT2D eigenvalue weighted by Gasteiger charge is -2.07. The van der Waals surface area contributed by atoms with Crippen molar-refractivity contribution in [2.75, 3.05) is 0 Å². The third-order valence-corrected chi connectivity index (χ3v) is 4.60. The molecule has 1 N–H and O–H groups in total. The molecular formula is C17H12ClN3. The van der Waals surface area contributed by atoms with E-state index in [4.69, 9.17) is 11.6 Å². The predicted molar refractivity (Wildman–Crippen MR) is 82.2 cm³/mol. The van der Waals surface area contributed by atoms with Crippen LogP contribution < -0.4 is 0 Å². The Bertz CT molecular complexity index is 844. The van der Waals surface area contributed by atoms with E-state index in [9.17, 15) is 5.26 Å². The second-order valence-corrected chi connectivity index (χ2v) is 5.87. The zero-order valence-corrected chi connectivity index (χ0v) is 11.9. The van der Waals surface area contributed by atoms with Crippen LogP contribution in [0.5, 0.6) is 0 Å². The number of halogens is 1. The second-order valence-electron chi connectivity index (χ2n) is 5.46. The molecule has 2 aromatic carbocycles. The van der Waals surface area contributed by atoms with Crippen molar-refractivity contribution < 1.29 is 0 Å².